The summed E-state index contributed by atoms with van der Waals surface area (Å²) in [5.74, 6) is -0.453. The van der Waals surface area contributed by atoms with Crippen molar-refractivity contribution in [2.24, 2.45) is 0 Å². The van der Waals surface area contributed by atoms with Gasteiger partial charge >= 0.3 is 0 Å². The zero-order chi connectivity index (χ0) is 20.0. The fourth-order valence-electron chi connectivity index (χ4n) is 3.74. The second kappa shape index (κ2) is 8.95. The van der Waals surface area contributed by atoms with Crippen molar-refractivity contribution in [2.45, 2.75) is 64.0 Å². The topological polar surface area (TPSA) is 75.2 Å². The average Bonchev–Trinajstić information content (AvgIpc) is 2.75. The first-order valence-electron chi connectivity index (χ1n) is 10.0. The van der Waals surface area contributed by atoms with Crippen LogP contribution in [0.25, 0.3) is 0 Å². The third-order valence-electron chi connectivity index (χ3n) is 5.61. The molecule has 1 aliphatic rings. The molecule has 2 amide bonds. The lowest BCUT2D eigenvalue weighted by molar-refractivity contribution is -0.126. The van der Waals surface area contributed by atoms with Gasteiger partial charge in [0.2, 0.25) is 5.91 Å². The maximum absolute atomic E-state index is 13.4. The van der Waals surface area contributed by atoms with Crippen LogP contribution in [0.15, 0.2) is 48.9 Å². The third-order valence-corrected chi connectivity index (χ3v) is 5.61. The van der Waals surface area contributed by atoms with Crippen LogP contribution in [0.5, 0.6) is 0 Å². The number of benzene rings is 1. The number of aromatic nitrogens is 2. The summed E-state index contributed by atoms with van der Waals surface area (Å²) in [6.07, 6.45) is 10.4. The first-order chi connectivity index (χ1) is 13.6. The molecule has 1 saturated carbocycles. The molecule has 0 spiro atoms. The van der Waals surface area contributed by atoms with E-state index < -0.39 is 5.54 Å². The van der Waals surface area contributed by atoms with Crippen LogP contribution in [0.3, 0.4) is 0 Å². The molecule has 6 nitrogen and oxygen atoms in total. The van der Waals surface area contributed by atoms with Crippen LogP contribution < -0.4 is 10.2 Å². The third kappa shape index (κ3) is 4.21. The molecular formula is C22H28N4O2. The van der Waals surface area contributed by atoms with Crippen molar-refractivity contribution < 1.29 is 9.59 Å². The monoisotopic (exact) mass is 380 g/mol. The minimum Gasteiger partial charge on any atom is -0.351 e. The Morgan fingerprint density at radius 3 is 2.46 bits per heavy atom. The van der Waals surface area contributed by atoms with Gasteiger partial charge in [0.1, 0.15) is 11.2 Å². The zero-order valence-electron chi connectivity index (χ0n) is 16.6. The molecule has 0 bridgehead atoms. The molecule has 0 saturated heterocycles. The highest BCUT2D eigenvalue weighted by atomic mass is 16.2. The standard InChI is InChI=1S/C22H28N4O2/c1-3-22(2,21(28)25-17-10-6-4-7-11-17)26(18-12-8-5-9-13-18)20(27)19-16-23-14-15-24-19/h5,8-9,12-17H,3-4,6-7,10-11H2,1-2H3,(H,25,28)/t22-/m0/s1. The molecule has 1 aliphatic carbocycles. The summed E-state index contributed by atoms with van der Waals surface area (Å²) in [5, 5.41) is 3.20. The number of amides is 2. The van der Waals surface area contributed by atoms with Gasteiger partial charge in [-0.05, 0) is 38.3 Å². The number of carbonyl (C=O) groups excluding carboxylic acids is 2. The summed E-state index contributed by atoms with van der Waals surface area (Å²) in [5.41, 5.74) is -0.147. The van der Waals surface area contributed by atoms with Crippen LogP contribution in [0.4, 0.5) is 5.69 Å². The quantitative estimate of drug-likeness (QED) is 0.828. The Bertz CT molecular complexity index is 791. The Kier molecular flexibility index (Phi) is 6.39. The van der Waals surface area contributed by atoms with Gasteiger partial charge in [-0.25, -0.2) is 4.98 Å². The lowest BCUT2D eigenvalue weighted by Crippen LogP contribution is -2.60. The Hall–Kier alpha value is -2.76. The normalized spacial score (nSPS) is 16.8. The van der Waals surface area contributed by atoms with E-state index in [9.17, 15) is 9.59 Å². The molecule has 3 rings (SSSR count). The van der Waals surface area contributed by atoms with Gasteiger partial charge in [-0.1, -0.05) is 44.4 Å². The van der Waals surface area contributed by atoms with Crippen molar-refractivity contribution in [3.8, 4) is 0 Å². The molecule has 148 valence electrons. The highest BCUT2D eigenvalue weighted by molar-refractivity contribution is 6.10. The summed E-state index contributed by atoms with van der Waals surface area (Å²) >= 11 is 0. The van der Waals surface area contributed by atoms with Gasteiger partial charge in [0, 0.05) is 24.1 Å². The van der Waals surface area contributed by atoms with E-state index in [1.165, 1.54) is 25.0 Å². The van der Waals surface area contributed by atoms with Gasteiger partial charge in [-0.15, -0.1) is 0 Å². The molecule has 1 aromatic heterocycles. The second-order valence-electron chi connectivity index (χ2n) is 7.50. The SMILES string of the molecule is CC[C@@](C)(C(=O)NC1CCCCC1)N(C(=O)c1cnccn1)c1ccccc1. The fraction of sp³-hybridized carbons (Fsp3) is 0.455. The maximum Gasteiger partial charge on any atom is 0.279 e. The molecule has 28 heavy (non-hydrogen) atoms. The summed E-state index contributed by atoms with van der Waals surface area (Å²) in [4.78, 5) is 36.5. The lowest BCUT2D eigenvalue weighted by atomic mass is 9.90. The molecule has 0 aliphatic heterocycles. The van der Waals surface area contributed by atoms with Gasteiger partial charge < -0.3 is 5.32 Å². The van der Waals surface area contributed by atoms with Crippen LogP contribution in [-0.4, -0.2) is 33.4 Å². The molecule has 1 N–H and O–H groups in total. The number of rotatable bonds is 6. The predicted octanol–water partition coefficient (Wildman–Crippen LogP) is 3.74. The highest BCUT2D eigenvalue weighted by Crippen LogP contribution is 2.30. The summed E-state index contributed by atoms with van der Waals surface area (Å²) in [6.45, 7) is 3.76. The molecule has 1 aromatic carbocycles. The van der Waals surface area contributed by atoms with Crippen molar-refractivity contribution >= 4 is 17.5 Å². The molecule has 1 heterocycles. The minimum absolute atomic E-state index is 0.122. The van der Waals surface area contributed by atoms with Crippen LogP contribution in [-0.2, 0) is 4.79 Å². The van der Waals surface area contributed by atoms with Gasteiger partial charge in [0.15, 0.2) is 0 Å². The first kappa shape index (κ1) is 20.0. The van der Waals surface area contributed by atoms with Gasteiger partial charge in [-0.2, -0.15) is 0 Å². The van der Waals surface area contributed by atoms with E-state index in [1.54, 1.807) is 4.90 Å². The Labute approximate surface area is 166 Å². The van der Waals surface area contributed by atoms with Crippen LogP contribution >= 0.6 is 0 Å². The molecule has 0 radical (unpaired) electrons. The summed E-state index contributed by atoms with van der Waals surface area (Å²) in [7, 11) is 0. The first-order valence-corrected chi connectivity index (χ1v) is 10.0. The Morgan fingerprint density at radius 2 is 1.86 bits per heavy atom. The van der Waals surface area contributed by atoms with Gasteiger partial charge in [0.05, 0.1) is 6.20 Å². The number of hydrogen-bond acceptors (Lipinski definition) is 4. The molecule has 1 atom stereocenters. The van der Waals surface area contributed by atoms with E-state index >= 15 is 0 Å². The number of nitrogens with one attached hydrogen (secondary N) is 1. The van der Waals surface area contributed by atoms with E-state index in [4.69, 9.17) is 0 Å². The van der Waals surface area contributed by atoms with Crippen molar-refractivity contribution in [1.82, 2.24) is 15.3 Å². The van der Waals surface area contributed by atoms with Crippen molar-refractivity contribution in [3.63, 3.8) is 0 Å². The van der Waals surface area contributed by atoms with Crippen LogP contribution in [0.2, 0.25) is 0 Å². The maximum atomic E-state index is 13.4. The number of para-hydroxylation sites is 1. The number of nitrogens with zero attached hydrogens (tertiary/aromatic N) is 3. The van der Waals surface area contributed by atoms with E-state index in [1.807, 2.05) is 44.2 Å². The van der Waals surface area contributed by atoms with Crippen molar-refractivity contribution in [3.05, 3.63) is 54.6 Å². The fourth-order valence-corrected chi connectivity index (χ4v) is 3.74. The molecule has 1 fully saturated rings. The Morgan fingerprint density at radius 1 is 1.14 bits per heavy atom. The summed E-state index contributed by atoms with van der Waals surface area (Å²) in [6, 6.07) is 9.48. The van der Waals surface area contributed by atoms with E-state index in [-0.39, 0.29) is 23.6 Å². The molecule has 0 unspecified atom stereocenters. The predicted molar refractivity (Wildman–Crippen MR) is 109 cm³/mol. The second-order valence-corrected chi connectivity index (χ2v) is 7.50. The molecular weight excluding hydrogens is 352 g/mol. The largest absolute Gasteiger partial charge is 0.351 e. The average molecular weight is 380 g/mol. The van der Waals surface area contributed by atoms with Crippen LogP contribution in [0.1, 0.15) is 62.9 Å². The smallest absolute Gasteiger partial charge is 0.279 e. The molecule has 2 aromatic rings. The van der Waals surface area contributed by atoms with Crippen molar-refractivity contribution in [1.29, 1.82) is 0 Å². The highest BCUT2D eigenvalue weighted by Gasteiger charge is 2.43. The minimum atomic E-state index is -1.03. The lowest BCUT2D eigenvalue weighted by Gasteiger charge is -2.40. The number of anilines is 1. The van der Waals surface area contributed by atoms with Gasteiger partial charge in [-0.3, -0.25) is 19.5 Å². The zero-order valence-corrected chi connectivity index (χ0v) is 16.6. The van der Waals surface area contributed by atoms with Crippen molar-refractivity contribution in [2.75, 3.05) is 4.90 Å². The Balaban J connectivity index is 1.96. The van der Waals surface area contributed by atoms with E-state index in [2.05, 4.69) is 15.3 Å². The van der Waals surface area contributed by atoms with E-state index in [0.717, 1.165) is 25.7 Å². The van der Waals surface area contributed by atoms with E-state index in [0.29, 0.717) is 12.1 Å². The molecule has 6 heteroatoms. The van der Waals surface area contributed by atoms with Gasteiger partial charge in [0.25, 0.3) is 5.91 Å². The van der Waals surface area contributed by atoms with Crippen LogP contribution in [0, 0.1) is 0 Å². The number of hydrogen-bond donors (Lipinski definition) is 1. The summed E-state index contributed by atoms with van der Waals surface area (Å²) < 4.78 is 0. The number of carbonyl (C=O) groups is 2.